The fourth-order valence-electron chi connectivity index (χ4n) is 1.82. The number of fused-ring (bicyclic) bond motifs is 1. The number of halogens is 1. The van der Waals surface area contributed by atoms with Gasteiger partial charge in [-0.15, -0.1) is 22.9 Å². The molecule has 5 heteroatoms. The van der Waals surface area contributed by atoms with E-state index < -0.39 is 0 Å². The minimum atomic E-state index is 0.293. The van der Waals surface area contributed by atoms with Crippen LogP contribution in [0.1, 0.15) is 9.88 Å². The van der Waals surface area contributed by atoms with Crippen LogP contribution in [0.15, 0.2) is 18.2 Å². The van der Waals surface area contributed by atoms with Crippen molar-refractivity contribution in [2.24, 2.45) is 0 Å². The Kier molecular flexibility index (Phi) is 2.68. The zero-order chi connectivity index (χ0) is 11.8. The molecule has 0 radical (unpaired) electrons. The summed E-state index contributed by atoms with van der Waals surface area (Å²) in [6.07, 6.45) is 0. The van der Waals surface area contributed by atoms with Crippen molar-refractivity contribution in [2.75, 3.05) is 6.79 Å². The van der Waals surface area contributed by atoms with E-state index in [4.69, 9.17) is 21.1 Å². The van der Waals surface area contributed by atoms with Gasteiger partial charge in [0.1, 0.15) is 5.01 Å². The van der Waals surface area contributed by atoms with Crippen molar-refractivity contribution in [3.05, 3.63) is 28.1 Å². The van der Waals surface area contributed by atoms with E-state index in [9.17, 15) is 0 Å². The number of benzene rings is 1. The Morgan fingerprint density at radius 2 is 2.18 bits per heavy atom. The van der Waals surface area contributed by atoms with Crippen molar-refractivity contribution in [2.45, 2.75) is 12.8 Å². The number of thiazole rings is 1. The average molecular weight is 268 g/mol. The number of rotatable bonds is 2. The van der Waals surface area contributed by atoms with Gasteiger partial charge in [0.25, 0.3) is 0 Å². The zero-order valence-electron chi connectivity index (χ0n) is 9.20. The number of alkyl halides is 1. The summed E-state index contributed by atoms with van der Waals surface area (Å²) >= 11 is 7.42. The molecule has 0 unspecified atom stereocenters. The van der Waals surface area contributed by atoms with Gasteiger partial charge in [-0.3, -0.25) is 0 Å². The molecule has 17 heavy (non-hydrogen) atoms. The largest absolute Gasteiger partial charge is 0.454 e. The molecule has 0 bridgehead atoms. The van der Waals surface area contributed by atoms with E-state index in [0.29, 0.717) is 12.7 Å². The van der Waals surface area contributed by atoms with Crippen LogP contribution in [0, 0.1) is 6.92 Å². The van der Waals surface area contributed by atoms with Crippen molar-refractivity contribution in [3.63, 3.8) is 0 Å². The maximum Gasteiger partial charge on any atom is 0.231 e. The molecule has 0 amide bonds. The quantitative estimate of drug-likeness (QED) is 0.780. The summed E-state index contributed by atoms with van der Waals surface area (Å²) in [7, 11) is 0. The van der Waals surface area contributed by atoms with Crippen LogP contribution in [-0.2, 0) is 5.88 Å². The maximum atomic E-state index is 5.80. The summed E-state index contributed by atoms with van der Waals surface area (Å²) < 4.78 is 10.6. The number of hydrogen-bond acceptors (Lipinski definition) is 4. The predicted octanol–water partition coefficient (Wildman–Crippen LogP) is 3.59. The molecule has 88 valence electrons. The average Bonchev–Trinajstić information content (AvgIpc) is 2.93. The molecule has 0 fully saturated rings. The van der Waals surface area contributed by atoms with Gasteiger partial charge < -0.3 is 9.47 Å². The highest BCUT2D eigenvalue weighted by Crippen LogP contribution is 2.37. The second-order valence-electron chi connectivity index (χ2n) is 3.71. The van der Waals surface area contributed by atoms with Crippen LogP contribution in [0.25, 0.3) is 11.3 Å². The molecule has 0 saturated carbocycles. The van der Waals surface area contributed by atoms with Crippen molar-refractivity contribution in [1.82, 2.24) is 4.98 Å². The summed E-state index contributed by atoms with van der Waals surface area (Å²) in [6, 6.07) is 5.87. The third-order valence-corrected chi connectivity index (χ3v) is 3.98. The summed E-state index contributed by atoms with van der Waals surface area (Å²) in [5.74, 6) is 2.03. The van der Waals surface area contributed by atoms with E-state index in [-0.39, 0.29) is 0 Å². The molecular weight excluding hydrogens is 258 g/mol. The molecular formula is C12H10ClNO2S. The monoisotopic (exact) mass is 267 g/mol. The highest BCUT2D eigenvalue weighted by atomic mass is 35.5. The number of nitrogens with zero attached hydrogens (tertiary/aromatic N) is 1. The first-order chi connectivity index (χ1) is 8.28. The van der Waals surface area contributed by atoms with Gasteiger partial charge in [-0.25, -0.2) is 4.98 Å². The standard InChI is InChI=1S/C12H10ClNO2S/c1-7-12(14-11(5-13)17-7)8-2-3-9-10(4-8)16-6-15-9/h2-4H,5-6H2,1H3. The highest BCUT2D eigenvalue weighted by Gasteiger charge is 2.16. The van der Waals surface area contributed by atoms with Crippen LogP contribution < -0.4 is 9.47 Å². The van der Waals surface area contributed by atoms with Crippen molar-refractivity contribution >= 4 is 22.9 Å². The Balaban J connectivity index is 2.06. The number of aryl methyl sites for hydroxylation is 1. The molecule has 0 saturated heterocycles. The molecule has 1 aliphatic heterocycles. The fourth-order valence-corrected chi connectivity index (χ4v) is 2.85. The first-order valence-corrected chi connectivity index (χ1v) is 6.55. The molecule has 1 aromatic heterocycles. The Bertz CT molecular complexity index is 568. The lowest BCUT2D eigenvalue weighted by Crippen LogP contribution is -1.92. The lowest BCUT2D eigenvalue weighted by Gasteiger charge is -2.00. The number of aromatic nitrogens is 1. The first kappa shape index (κ1) is 10.9. The maximum absolute atomic E-state index is 5.80. The summed E-state index contributed by atoms with van der Waals surface area (Å²) in [6.45, 7) is 2.34. The van der Waals surface area contributed by atoms with Crippen LogP contribution in [0.5, 0.6) is 11.5 Å². The zero-order valence-corrected chi connectivity index (χ0v) is 10.8. The highest BCUT2D eigenvalue weighted by molar-refractivity contribution is 7.12. The minimum Gasteiger partial charge on any atom is -0.454 e. The molecule has 1 aliphatic rings. The van der Waals surface area contributed by atoms with Gasteiger partial charge in [-0.1, -0.05) is 0 Å². The molecule has 0 N–H and O–H groups in total. The van der Waals surface area contributed by atoms with Gasteiger partial charge in [-0.2, -0.15) is 0 Å². The minimum absolute atomic E-state index is 0.293. The normalized spacial score (nSPS) is 13.1. The second-order valence-corrected chi connectivity index (χ2v) is 5.27. The lowest BCUT2D eigenvalue weighted by atomic mass is 10.1. The Morgan fingerprint density at radius 1 is 1.35 bits per heavy atom. The topological polar surface area (TPSA) is 31.4 Å². The Labute approximate surface area is 108 Å². The van der Waals surface area contributed by atoms with E-state index >= 15 is 0 Å². The summed E-state index contributed by atoms with van der Waals surface area (Å²) in [5, 5.41) is 0.942. The van der Waals surface area contributed by atoms with Crippen molar-refractivity contribution in [3.8, 4) is 22.8 Å². The molecule has 1 aromatic carbocycles. The van der Waals surface area contributed by atoms with E-state index in [1.165, 1.54) is 4.88 Å². The van der Waals surface area contributed by atoms with Crippen LogP contribution in [0.2, 0.25) is 0 Å². The summed E-state index contributed by atoms with van der Waals surface area (Å²) in [5.41, 5.74) is 2.02. The lowest BCUT2D eigenvalue weighted by molar-refractivity contribution is 0.174. The number of hydrogen-bond donors (Lipinski definition) is 0. The number of ether oxygens (including phenoxy) is 2. The van der Waals surface area contributed by atoms with Gasteiger partial charge in [0.05, 0.1) is 11.6 Å². The van der Waals surface area contributed by atoms with Crippen molar-refractivity contribution in [1.29, 1.82) is 0 Å². The second kappa shape index (κ2) is 4.20. The molecule has 2 heterocycles. The van der Waals surface area contributed by atoms with E-state index in [1.807, 2.05) is 25.1 Å². The fraction of sp³-hybridized carbons (Fsp3) is 0.250. The van der Waals surface area contributed by atoms with Gasteiger partial charge in [0, 0.05) is 10.4 Å². The third-order valence-electron chi connectivity index (χ3n) is 2.60. The molecule has 0 atom stereocenters. The van der Waals surface area contributed by atoms with Crippen LogP contribution in [-0.4, -0.2) is 11.8 Å². The molecule has 3 nitrogen and oxygen atoms in total. The Morgan fingerprint density at radius 3 is 2.94 bits per heavy atom. The summed E-state index contributed by atoms with van der Waals surface area (Å²) in [4.78, 5) is 5.68. The molecule has 0 aliphatic carbocycles. The van der Waals surface area contributed by atoms with Gasteiger partial charge >= 0.3 is 0 Å². The smallest absolute Gasteiger partial charge is 0.231 e. The third kappa shape index (κ3) is 1.87. The van der Waals surface area contributed by atoms with Crippen LogP contribution in [0.3, 0.4) is 0 Å². The van der Waals surface area contributed by atoms with Gasteiger partial charge in [0.15, 0.2) is 11.5 Å². The SMILES string of the molecule is Cc1sc(CCl)nc1-c1ccc2c(c1)OCO2. The van der Waals surface area contributed by atoms with E-state index in [2.05, 4.69) is 4.98 Å². The first-order valence-electron chi connectivity index (χ1n) is 5.20. The van der Waals surface area contributed by atoms with Gasteiger partial charge in [-0.05, 0) is 25.1 Å². The predicted molar refractivity (Wildman–Crippen MR) is 68.0 cm³/mol. The van der Waals surface area contributed by atoms with E-state index in [1.54, 1.807) is 11.3 Å². The van der Waals surface area contributed by atoms with Crippen LogP contribution >= 0.6 is 22.9 Å². The van der Waals surface area contributed by atoms with Crippen LogP contribution in [0.4, 0.5) is 0 Å². The molecule has 2 aromatic rings. The van der Waals surface area contributed by atoms with Crippen molar-refractivity contribution < 1.29 is 9.47 Å². The van der Waals surface area contributed by atoms with E-state index in [0.717, 1.165) is 27.8 Å². The van der Waals surface area contributed by atoms with Gasteiger partial charge in [0.2, 0.25) is 6.79 Å². The Hall–Kier alpha value is -1.26. The molecule has 0 spiro atoms. The molecule has 3 rings (SSSR count).